The molecule has 0 saturated carbocycles. The van der Waals surface area contributed by atoms with Gasteiger partial charge in [-0.15, -0.1) is 0 Å². The van der Waals surface area contributed by atoms with Gasteiger partial charge >= 0.3 is 0 Å². The molecule has 1 N–H and O–H groups in total. The molecule has 0 fully saturated rings. The summed E-state index contributed by atoms with van der Waals surface area (Å²) in [5, 5.41) is 3.53. The predicted molar refractivity (Wildman–Crippen MR) is 85.6 cm³/mol. The van der Waals surface area contributed by atoms with Crippen LogP contribution in [-0.2, 0) is 19.4 Å². The van der Waals surface area contributed by atoms with Crippen molar-refractivity contribution in [2.75, 3.05) is 6.54 Å². The van der Waals surface area contributed by atoms with E-state index in [2.05, 4.69) is 66.8 Å². The highest BCUT2D eigenvalue weighted by molar-refractivity contribution is 5.66. The standard InChI is InChI=1S/C19H21N/c1-15-12-18-9-5-8-17(19(18)13-15)10-11-20-14-16-6-3-2-4-7-16/h2-9,13,20H,10-12,14H2,1H3. The number of hydrogen-bond donors (Lipinski definition) is 1. The zero-order valence-electron chi connectivity index (χ0n) is 12.0. The van der Waals surface area contributed by atoms with Gasteiger partial charge in [0.15, 0.2) is 0 Å². The van der Waals surface area contributed by atoms with E-state index in [9.17, 15) is 0 Å². The molecule has 20 heavy (non-hydrogen) atoms. The number of benzene rings is 2. The van der Waals surface area contributed by atoms with E-state index in [1.54, 1.807) is 0 Å². The highest BCUT2D eigenvalue weighted by Crippen LogP contribution is 2.27. The van der Waals surface area contributed by atoms with E-state index in [0.29, 0.717) is 0 Å². The maximum atomic E-state index is 3.53. The first-order valence-electron chi connectivity index (χ1n) is 7.35. The van der Waals surface area contributed by atoms with Gasteiger partial charge in [-0.3, -0.25) is 0 Å². The van der Waals surface area contributed by atoms with Gasteiger partial charge in [-0.1, -0.05) is 60.2 Å². The topological polar surface area (TPSA) is 12.0 Å². The molecule has 1 heteroatoms. The highest BCUT2D eigenvalue weighted by Gasteiger charge is 2.12. The fraction of sp³-hybridized carbons (Fsp3) is 0.263. The summed E-state index contributed by atoms with van der Waals surface area (Å²) in [5.41, 5.74) is 7.25. The number of fused-ring (bicyclic) bond motifs is 1. The van der Waals surface area contributed by atoms with Crippen LogP contribution < -0.4 is 5.32 Å². The van der Waals surface area contributed by atoms with E-state index in [1.807, 2.05) is 0 Å². The van der Waals surface area contributed by atoms with Crippen molar-refractivity contribution in [1.82, 2.24) is 5.32 Å². The SMILES string of the molecule is CC1=Cc2c(CCNCc3ccccc3)cccc2C1. The van der Waals surface area contributed by atoms with Crippen molar-refractivity contribution >= 4 is 6.08 Å². The Morgan fingerprint density at radius 3 is 2.70 bits per heavy atom. The molecule has 0 amide bonds. The molecule has 1 aliphatic rings. The molecule has 0 heterocycles. The second-order valence-corrected chi connectivity index (χ2v) is 5.57. The maximum Gasteiger partial charge on any atom is 0.0205 e. The van der Waals surface area contributed by atoms with E-state index in [-0.39, 0.29) is 0 Å². The van der Waals surface area contributed by atoms with Crippen LogP contribution in [0.1, 0.15) is 29.2 Å². The molecular formula is C19H21N. The first kappa shape index (κ1) is 13.1. The molecule has 0 atom stereocenters. The van der Waals surface area contributed by atoms with Crippen LogP contribution in [0.4, 0.5) is 0 Å². The first-order valence-corrected chi connectivity index (χ1v) is 7.35. The Kier molecular flexibility index (Phi) is 3.98. The fourth-order valence-electron chi connectivity index (χ4n) is 2.87. The van der Waals surface area contributed by atoms with Crippen LogP contribution in [0.25, 0.3) is 6.08 Å². The molecule has 1 aliphatic carbocycles. The summed E-state index contributed by atoms with van der Waals surface area (Å²) in [6.45, 7) is 4.19. The minimum Gasteiger partial charge on any atom is -0.312 e. The third-order valence-electron chi connectivity index (χ3n) is 3.89. The molecule has 0 aromatic heterocycles. The molecule has 2 aromatic rings. The van der Waals surface area contributed by atoms with Crippen molar-refractivity contribution in [3.05, 3.63) is 76.4 Å². The number of hydrogen-bond acceptors (Lipinski definition) is 1. The average molecular weight is 263 g/mol. The normalized spacial score (nSPS) is 13.2. The average Bonchev–Trinajstić information content (AvgIpc) is 2.86. The summed E-state index contributed by atoms with van der Waals surface area (Å²) in [5.74, 6) is 0. The van der Waals surface area contributed by atoms with Crippen molar-refractivity contribution in [2.45, 2.75) is 26.3 Å². The van der Waals surface area contributed by atoms with Crippen LogP contribution >= 0.6 is 0 Å². The van der Waals surface area contributed by atoms with Crippen molar-refractivity contribution in [3.8, 4) is 0 Å². The molecule has 0 aliphatic heterocycles. The maximum absolute atomic E-state index is 3.53. The lowest BCUT2D eigenvalue weighted by Gasteiger charge is -2.09. The molecule has 102 valence electrons. The van der Waals surface area contributed by atoms with E-state index in [1.165, 1.54) is 27.8 Å². The monoisotopic (exact) mass is 263 g/mol. The van der Waals surface area contributed by atoms with Crippen LogP contribution in [0.5, 0.6) is 0 Å². The van der Waals surface area contributed by atoms with Gasteiger partial charge in [-0.2, -0.15) is 0 Å². The van der Waals surface area contributed by atoms with Gasteiger partial charge in [-0.05, 0) is 48.6 Å². The quantitative estimate of drug-likeness (QED) is 0.805. The molecule has 0 unspecified atom stereocenters. The lowest BCUT2D eigenvalue weighted by molar-refractivity contribution is 0.686. The van der Waals surface area contributed by atoms with E-state index in [4.69, 9.17) is 0 Å². The van der Waals surface area contributed by atoms with Crippen LogP contribution in [0.15, 0.2) is 54.1 Å². The van der Waals surface area contributed by atoms with Crippen molar-refractivity contribution in [3.63, 3.8) is 0 Å². The second kappa shape index (κ2) is 6.06. The second-order valence-electron chi connectivity index (χ2n) is 5.57. The zero-order chi connectivity index (χ0) is 13.8. The summed E-state index contributed by atoms with van der Waals surface area (Å²) >= 11 is 0. The Hall–Kier alpha value is -1.86. The van der Waals surface area contributed by atoms with E-state index < -0.39 is 0 Å². The third-order valence-corrected chi connectivity index (χ3v) is 3.89. The summed E-state index contributed by atoms with van der Waals surface area (Å²) in [7, 11) is 0. The fourth-order valence-corrected chi connectivity index (χ4v) is 2.87. The molecule has 0 saturated heterocycles. The van der Waals surface area contributed by atoms with Gasteiger partial charge in [0.05, 0.1) is 0 Å². The van der Waals surface area contributed by atoms with Crippen molar-refractivity contribution in [1.29, 1.82) is 0 Å². The lowest BCUT2D eigenvalue weighted by atomic mass is 10.0. The highest BCUT2D eigenvalue weighted by atomic mass is 14.8. The molecule has 3 rings (SSSR count). The van der Waals surface area contributed by atoms with Crippen molar-refractivity contribution in [2.24, 2.45) is 0 Å². The van der Waals surface area contributed by atoms with Gasteiger partial charge in [-0.25, -0.2) is 0 Å². The summed E-state index contributed by atoms with van der Waals surface area (Å²) in [4.78, 5) is 0. The molecule has 0 bridgehead atoms. The number of allylic oxidation sites excluding steroid dienone is 1. The zero-order valence-corrected chi connectivity index (χ0v) is 12.0. The van der Waals surface area contributed by atoms with Gasteiger partial charge in [0.2, 0.25) is 0 Å². The molecule has 1 nitrogen and oxygen atoms in total. The summed E-state index contributed by atoms with van der Waals surface area (Å²) in [6.07, 6.45) is 4.57. The summed E-state index contributed by atoms with van der Waals surface area (Å²) in [6, 6.07) is 17.3. The first-order chi connectivity index (χ1) is 9.83. The van der Waals surface area contributed by atoms with Crippen LogP contribution in [0.2, 0.25) is 0 Å². The van der Waals surface area contributed by atoms with Crippen LogP contribution in [-0.4, -0.2) is 6.54 Å². The number of nitrogens with one attached hydrogen (secondary N) is 1. The Morgan fingerprint density at radius 1 is 1.00 bits per heavy atom. The van der Waals surface area contributed by atoms with Crippen LogP contribution in [0, 0.1) is 0 Å². The summed E-state index contributed by atoms with van der Waals surface area (Å²) < 4.78 is 0. The molecule has 0 spiro atoms. The van der Waals surface area contributed by atoms with E-state index in [0.717, 1.165) is 25.9 Å². The molecule has 0 radical (unpaired) electrons. The van der Waals surface area contributed by atoms with E-state index >= 15 is 0 Å². The van der Waals surface area contributed by atoms with Gasteiger partial charge < -0.3 is 5.32 Å². The molecular weight excluding hydrogens is 242 g/mol. The smallest absolute Gasteiger partial charge is 0.0205 e. The lowest BCUT2D eigenvalue weighted by Crippen LogP contribution is -2.17. The number of rotatable bonds is 5. The minimum atomic E-state index is 0.949. The van der Waals surface area contributed by atoms with Crippen LogP contribution in [0.3, 0.4) is 0 Å². The van der Waals surface area contributed by atoms with Gasteiger partial charge in [0.1, 0.15) is 0 Å². The Balaban J connectivity index is 1.56. The third kappa shape index (κ3) is 3.00. The Morgan fingerprint density at radius 2 is 1.85 bits per heavy atom. The predicted octanol–water partition coefficient (Wildman–Crippen LogP) is 3.98. The van der Waals surface area contributed by atoms with Crippen molar-refractivity contribution < 1.29 is 0 Å². The van der Waals surface area contributed by atoms with Gasteiger partial charge in [0, 0.05) is 6.54 Å². The largest absolute Gasteiger partial charge is 0.312 e. The molecule has 2 aromatic carbocycles. The minimum absolute atomic E-state index is 0.949. The Bertz CT molecular complexity index is 611. The Labute approximate surface area is 121 Å². The van der Waals surface area contributed by atoms with Gasteiger partial charge in [0.25, 0.3) is 0 Å².